The first-order valence-electron chi connectivity index (χ1n) is 10.6. The SMILES string of the molecule is CCNC(=NCCc1c[nH]c2cc(C)ccc12)NCCOc1cccc(NC(C)=O)c1. The van der Waals surface area contributed by atoms with Crippen molar-refractivity contribution in [2.24, 2.45) is 4.99 Å². The molecule has 31 heavy (non-hydrogen) atoms. The summed E-state index contributed by atoms with van der Waals surface area (Å²) in [6, 6.07) is 13.8. The minimum absolute atomic E-state index is 0.104. The van der Waals surface area contributed by atoms with Gasteiger partial charge in [-0.25, -0.2) is 0 Å². The number of aliphatic imine (C=N–C) groups is 1. The number of aryl methyl sites for hydroxylation is 1. The molecule has 0 spiro atoms. The number of hydrogen-bond acceptors (Lipinski definition) is 3. The number of rotatable bonds is 9. The van der Waals surface area contributed by atoms with E-state index >= 15 is 0 Å². The van der Waals surface area contributed by atoms with Crippen LogP contribution in [0.1, 0.15) is 25.0 Å². The Kier molecular flexibility index (Phi) is 7.92. The topological polar surface area (TPSA) is 90.5 Å². The number of nitrogens with zero attached hydrogens (tertiary/aromatic N) is 1. The third kappa shape index (κ3) is 6.77. The molecule has 7 nitrogen and oxygen atoms in total. The average Bonchev–Trinajstić information content (AvgIpc) is 3.13. The van der Waals surface area contributed by atoms with E-state index in [0.29, 0.717) is 25.4 Å². The fourth-order valence-corrected chi connectivity index (χ4v) is 3.34. The molecule has 4 N–H and O–H groups in total. The summed E-state index contributed by atoms with van der Waals surface area (Å²) < 4.78 is 5.78. The van der Waals surface area contributed by atoms with Crippen molar-refractivity contribution in [1.82, 2.24) is 15.6 Å². The number of fused-ring (bicyclic) bond motifs is 1. The van der Waals surface area contributed by atoms with Crippen LogP contribution in [-0.4, -0.2) is 43.1 Å². The van der Waals surface area contributed by atoms with E-state index in [1.165, 1.54) is 29.0 Å². The Balaban J connectivity index is 1.48. The van der Waals surface area contributed by atoms with Crippen LogP contribution in [0.2, 0.25) is 0 Å². The van der Waals surface area contributed by atoms with Crippen LogP contribution in [0.5, 0.6) is 5.75 Å². The molecule has 0 atom stereocenters. The average molecular weight is 422 g/mol. The second-order valence-electron chi connectivity index (χ2n) is 7.36. The second kappa shape index (κ2) is 11.1. The number of nitrogens with one attached hydrogen (secondary N) is 4. The van der Waals surface area contributed by atoms with Crippen molar-refractivity contribution < 1.29 is 9.53 Å². The maximum atomic E-state index is 11.2. The molecule has 0 fully saturated rings. The van der Waals surface area contributed by atoms with Gasteiger partial charge in [-0.2, -0.15) is 0 Å². The van der Waals surface area contributed by atoms with Gasteiger partial charge in [0, 0.05) is 48.9 Å². The van der Waals surface area contributed by atoms with Crippen LogP contribution in [-0.2, 0) is 11.2 Å². The highest BCUT2D eigenvalue weighted by Gasteiger charge is 2.04. The smallest absolute Gasteiger partial charge is 0.221 e. The van der Waals surface area contributed by atoms with E-state index in [2.05, 4.69) is 57.2 Å². The molecular formula is C24H31N5O2. The minimum atomic E-state index is -0.104. The van der Waals surface area contributed by atoms with Gasteiger partial charge in [-0.05, 0) is 49.6 Å². The van der Waals surface area contributed by atoms with Gasteiger partial charge in [0.2, 0.25) is 5.91 Å². The number of carbonyl (C=O) groups excluding carboxylic acids is 1. The van der Waals surface area contributed by atoms with Crippen molar-refractivity contribution in [2.45, 2.75) is 27.2 Å². The second-order valence-corrected chi connectivity index (χ2v) is 7.36. The molecule has 164 valence electrons. The summed E-state index contributed by atoms with van der Waals surface area (Å²) in [4.78, 5) is 19.2. The van der Waals surface area contributed by atoms with Crippen molar-refractivity contribution in [2.75, 3.05) is 31.6 Å². The zero-order chi connectivity index (χ0) is 22.1. The molecule has 1 amide bonds. The predicted octanol–water partition coefficient (Wildman–Crippen LogP) is 3.61. The molecule has 0 bridgehead atoms. The van der Waals surface area contributed by atoms with Gasteiger partial charge in [-0.15, -0.1) is 0 Å². The molecule has 0 radical (unpaired) electrons. The van der Waals surface area contributed by atoms with E-state index in [1.807, 2.05) is 31.2 Å². The van der Waals surface area contributed by atoms with Crippen molar-refractivity contribution in [3.8, 4) is 5.75 Å². The molecule has 0 saturated heterocycles. The van der Waals surface area contributed by atoms with Crippen molar-refractivity contribution in [3.05, 3.63) is 59.8 Å². The lowest BCUT2D eigenvalue weighted by Gasteiger charge is -2.12. The highest BCUT2D eigenvalue weighted by atomic mass is 16.5. The Morgan fingerprint density at radius 1 is 1.16 bits per heavy atom. The van der Waals surface area contributed by atoms with E-state index in [0.717, 1.165) is 24.6 Å². The Bertz CT molecular complexity index is 1040. The first-order chi connectivity index (χ1) is 15.0. The number of benzene rings is 2. The summed E-state index contributed by atoms with van der Waals surface area (Å²) in [6.45, 7) is 8.20. The highest BCUT2D eigenvalue weighted by Crippen LogP contribution is 2.20. The van der Waals surface area contributed by atoms with Crippen molar-refractivity contribution in [3.63, 3.8) is 0 Å². The predicted molar refractivity (Wildman–Crippen MR) is 127 cm³/mol. The molecule has 3 aromatic rings. The molecular weight excluding hydrogens is 390 g/mol. The van der Waals surface area contributed by atoms with Crippen LogP contribution >= 0.6 is 0 Å². The number of ether oxygens (including phenoxy) is 1. The van der Waals surface area contributed by atoms with E-state index in [1.54, 1.807) is 0 Å². The summed E-state index contributed by atoms with van der Waals surface area (Å²) in [5, 5.41) is 10.6. The zero-order valence-electron chi connectivity index (χ0n) is 18.4. The van der Waals surface area contributed by atoms with Crippen molar-refractivity contribution >= 4 is 28.5 Å². The lowest BCUT2D eigenvalue weighted by Crippen LogP contribution is -2.39. The molecule has 0 aliphatic heterocycles. The third-order valence-electron chi connectivity index (χ3n) is 4.74. The Labute approximate surface area is 183 Å². The van der Waals surface area contributed by atoms with Gasteiger partial charge in [-0.1, -0.05) is 18.2 Å². The highest BCUT2D eigenvalue weighted by molar-refractivity contribution is 5.88. The van der Waals surface area contributed by atoms with Gasteiger partial charge in [-0.3, -0.25) is 9.79 Å². The first-order valence-corrected chi connectivity index (χ1v) is 10.6. The quantitative estimate of drug-likeness (QED) is 0.241. The molecule has 1 aromatic heterocycles. The third-order valence-corrected chi connectivity index (χ3v) is 4.74. The van der Waals surface area contributed by atoms with E-state index < -0.39 is 0 Å². The van der Waals surface area contributed by atoms with Gasteiger partial charge in [0.1, 0.15) is 12.4 Å². The standard InChI is InChI=1S/C24H31N5O2/c1-4-25-24(26-11-10-19-16-28-23-14-17(2)8-9-22(19)23)27-12-13-31-21-7-5-6-20(15-21)29-18(3)30/h5-9,14-16,28H,4,10-13H2,1-3H3,(H,29,30)(H2,25,26,27). The molecule has 3 rings (SSSR count). The summed E-state index contributed by atoms with van der Waals surface area (Å²) in [6.07, 6.45) is 2.94. The van der Waals surface area contributed by atoms with Gasteiger partial charge >= 0.3 is 0 Å². The van der Waals surface area contributed by atoms with Gasteiger partial charge in [0.25, 0.3) is 0 Å². The number of aromatic amines is 1. The van der Waals surface area contributed by atoms with Crippen LogP contribution < -0.4 is 20.7 Å². The largest absolute Gasteiger partial charge is 0.492 e. The lowest BCUT2D eigenvalue weighted by molar-refractivity contribution is -0.114. The fraction of sp³-hybridized carbons (Fsp3) is 0.333. The van der Waals surface area contributed by atoms with Crippen LogP contribution in [0.4, 0.5) is 5.69 Å². The molecule has 7 heteroatoms. The fourth-order valence-electron chi connectivity index (χ4n) is 3.34. The zero-order valence-corrected chi connectivity index (χ0v) is 18.4. The van der Waals surface area contributed by atoms with Crippen LogP contribution in [0, 0.1) is 6.92 Å². The van der Waals surface area contributed by atoms with E-state index in [-0.39, 0.29) is 5.91 Å². The van der Waals surface area contributed by atoms with Crippen LogP contribution in [0.25, 0.3) is 10.9 Å². The Morgan fingerprint density at radius 3 is 2.84 bits per heavy atom. The first kappa shape index (κ1) is 22.2. The van der Waals surface area contributed by atoms with Crippen molar-refractivity contribution in [1.29, 1.82) is 0 Å². The molecule has 2 aromatic carbocycles. The van der Waals surface area contributed by atoms with E-state index in [9.17, 15) is 4.79 Å². The van der Waals surface area contributed by atoms with Gasteiger partial charge in [0.05, 0.1) is 6.54 Å². The summed E-state index contributed by atoms with van der Waals surface area (Å²) in [5.74, 6) is 1.38. The number of aromatic nitrogens is 1. The lowest BCUT2D eigenvalue weighted by atomic mass is 10.1. The number of carbonyl (C=O) groups is 1. The number of H-pyrrole nitrogens is 1. The van der Waals surface area contributed by atoms with E-state index in [4.69, 9.17) is 4.74 Å². The maximum absolute atomic E-state index is 11.2. The monoisotopic (exact) mass is 421 g/mol. The molecule has 1 heterocycles. The summed E-state index contributed by atoms with van der Waals surface area (Å²) >= 11 is 0. The molecule has 0 unspecified atom stereocenters. The minimum Gasteiger partial charge on any atom is -0.492 e. The van der Waals surface area contributed by atoms with Gasteiger partial charge in [0.15, 0.2) is 5.96 Å². The Hall–Kier alpha value is -3.48. The normalized spacial score (nSPS) is 11.4. The number of hydrogen-bond donors (Lipinski definition) is 4. The molecule has 0 saturated carbocycles. The van der Waals surface area contributed by atoms with Crippen LogP contribution in [0.15, 0.2) is 53.7 Å². The molecule has 0 aliphatic rings. The summed E-state index contributed by atoms with van der Waals surface area (Å²) in [5.41, 5.74) is 4.42. The molecule has 0 aliphatic carbocycles. The van der Waals surface area contributed by atoms with Gasteiger partial charge < -0.3 is 25.7 Å². The number of guanidine groups is 1. The van der Waals surface area contributed by atoms with Crippen LogP contribution in [0.3, 0.4) is 0 Å². The maximum Gasteiger partial charge on any atom is 0.221 e. The number of anilines is 1. The number of amides is 1. The summed E-state index contributed by atoms with van der Waals surface area (Å²) in [7, 11) is 0. The Morgan fingerprint density at radius 2 is 2.03 bits per heavy atom.